The first-order chi connectivity index (χ1) is 13.5. The summed E-state index contributed by atoms with van der Waals surface area (Å²) in [5, 5.41) is 0. The Bertz CT molecular complexity index is 978. The van der Waals surface area contributed by atoms with Crippen molar-refractivity contribution < 1.29 is 22.3 Å². The van der Waals surface area contributed by atoms with Crippen molar-refractivity contribution in [3.8, 4) is 5.75 Å². The van der Waals surface area contributed by atoms with Gasteiger partial charge in [0.25, 0.3) is 0 Å². The Kier molecular flexibility index (Phi) is 5.07. The minimum absolute atomic E-state index is 0.0405. The summed E-state index contributed by atoms with van der Waals surface area (Å²) in [6.07, 6.45) is 1.23. The van der Waals surface area contributed by atoms with Gasteiger partial charge in [-0.1, -0.05) is 12.1 Å². The summed E-state index contributed by atoms with van der Waals surface area (Å²) < 4.78 is 45.9. The molecule has 148 valence electrons. The minimum atomic E-state index is -3.77. The highest BCUT2D eigenvalue weighted by molar-refractivity contribution is 7.89. The Hall–Kier alpha value is -2.45. The van der Waals surface area contributed by atoms with E-state index in [1.807, 2.05) is 24.3 Å². The number of piperidine rings is 1. The fourth-order valence-corrected chi connectivity index (χ4v) is 5.26. The summed E-state index contributed by atoms with van der Waals surface area (Å²) in [6.45, 7) is 1.32. The van der Waals surface area contributed by atoms with Crippen LogP contribution in [0.2, 0.25) is 0 Å². The molecule has 2 aliphatic rings. The number of sulfonamides is 1. The Morgan fingerprint density at radius 2 is 1.82 bits per heavy atom. The quantitative estimate of drug-likeness (QED) is 0.789. The topological polar surface area (TPSA) is 66.9 Å². The van der Waals surface area contributed by atoms with Gasteiger partial charge < -0.3 is 9.64 Å². The molecule has 0 spiro atoms. The van der Waals surface area contributed by atoms with Crippen LogP contribution in [0.25, 0.3) is 0 Å². The number of hydrogen-bond acceptors (Lipinski definition) is 4. The minimum Gasteiger partial charge on any atom is -0.490 e. The van der Waals surface area contributed by atoms with Crippen LogP contribution >= 0.6 is 0 Å². The van der Waals surface area contributed by atoms with Crippen LogP contribution in [0.15, 0.2) is 53.4 Å². The van der Waals surface area contributed by atoms with Gasteiger partial charge in [0.15, 0.2) is 0 Å². The molecule has 2 heterocycles. The lowest BCUT2D eigenvalue weighted by Crippen LogP contribution is -2.48. The number of para-hydroxylation sites is 2. The maximum Gasteiger partial charge on any atom is 0.243 e. The molecular weight excluding hydrogens is 383 g/mol. The van der Waals surface area contributed by atoms with Crippen LogP contribution in [0.1, 0.15) is 12.8 Å². The van der Waals surface area contributed by atoms with E-state index in [2.05, 4.69) is 0 Å². The van der Waals surface area contributed by atoms with Crippen LogP contribution < -0.4 is 9.64 Å². The van der Waals surface area contributed by atoms with E-state index in [9.17, 15) is 17.6 Å². The van der Waals surface area contributed by atoms with Gasteiger partial charge in [-0.2, -0.15) is 4.31 Å². The average molecular weight is 404 g/mol. The van der Waals surface area contributed by atoms with E-state index in [0.717, 1.165) is 17.8 Å². The number of carbonyl (C=O) groups is 1. The lowest BCUT2D eigenvalue weighted by atomic mass is 9.97. The van der Waals surface area contributed by atoms with Gasteiger partial charge in [0.2, 0.25) is 15.9 Å². The molecule has 0 N–H and O–H groups in total. The van der Waals surface area contributed by atoms with E-state index in [4.69, 9.17) is 4.74 Å². The van der Waals surface area contributed by atoms with Crippen molar-refractivity contribution in [2.75, 3.05) is 31.1 Å². The molecule has 0 unspecified atom stereocenters. The van der Waals surface area contributed by atoms with Crippen molar-refractivity contribution in [2.45, 2.75) is 17.7 Å². The fourth-order valence-electron chi connectivity index (χ4n) is 3.74. The molecule has 1 amide bonds. The van der Waals surface area contributed by atoms with Gasteiger partial charge in [-0.3, -0.25) is 4.79 Å². The van der Waals surface area contributed by atoms with Gasteiger partial charge in [0.05, 0.1) is 23.0 Å². The number of nitrogens with zero attached hydrogens (tertiary/aromatic N) is 2. The Morgan fingerprint density at radius 1 is 1.07 bits per heavy atom. The summed E-state index contributed by atoms with van der Waals surface area (Å²) >= 11 is 0. The highest BCUT2D eigenvalue weighted by Crippen LogP contribution is 2.33. The monoisotopic (exact) mass is 404 g/mol. The lowest BCUT2D eigenvalue weighted by molar-refractivity contribution is -0.123. The smallest absolute Gasteiger partial charge is 0.243 e. The van der Waals surface area contributed by atoms with E-state index in [-0.39, 0.29) is 17.3 Å². The Balaban J connectivity index is 1.54. The van der Waals surface area contributed by atoms with Gasteiger partial charge in [-0.25, -0.2) is 12.8 Å². The molecule has 0 aromatic heterocycles. The molecular formula is C20H21FN2O4S. The largest absolute Gasteiger partial charge is 0.490 e. The number of halogens is 1. The summed E-state index contributed by atoms with van der Waals surface area (Å²) in [6, 6.07) is 12.1. The van der Waals surface area contributed by atoms with Crippen LogP contribution in [0.5, 0.6) is 5.75 Å². The molecule has 28 heavy (non-hydrogen) atoms. The number of rotatable bonds is 3. The average Bonchev–Trinajstić information content (AvgIpc) is 2.73. The summed E-state index contributed by atoms with van der Waals surface area (Å²) in [4.78, 5) is 14.9. The Morgan fingerprint density at radius 3 is 2.61 bits per heavy atom. The first-order valence-corrected chi connectivity index (χ1v) is 10.7. The molecule has 1 atom stereocenters. The second-order valence-corrected chi connectivity index (χ2v) is 8.90. The number of anilines is 1. The van der Waals surface area contributed by atoms with Crippen LogP contribution in [0, 0.1) is 11.7 Å². The Labute approximate surface area is 163 Å². The normalized spacial score (nSPS) is 20.3. The molecule has 6 nitrogen and oxygen atoms in total. The SMILES string of the molecule is O=C([C@H]1CCCN(S(=O)(=O)c2ccc(F)cc2)C1)N1CCOc2ccccc21. The molecule has 0 saturated carbocycles. The van der Waals surface area contributed by atoms with Gasteiger partial charge in [0.1, 0.15) is 18.2 Å². The standard InChI is InChI=1S/C20H21FN2O4S/c21-16-7-9-17(10-8-16)28(25,26)22-11-3-4-15(14-22)20(24)23-12-13-27-19-6-2-1-5-18(19)23/h1-2,5-10,15H,3-4,11-14H2/t15-/m0/s1. The van der Waals surface area contributed by atoms with Crippen LogP contribution in [0.3, 0.4) is 0 Å². The highest BCUT2D eigenvalue weighted by Gasteiger charge is 2.36. The van der Waals surface area contributed by atoms with Crippen molar-refractivity contribution in [3.05, 3.63) is 54.3 Å². The maximum atomic E-state index is 13.2. The van der Waals surface area contributed by atoms with Gasteiger partial charge in [0, 0.05) is 13.1 Å². The summed E-state index contributed by atoms with van der Waals surface area (Å²) in [5.41, 5.74) is 0.720. The van der Waals surface area contributed by atoms with Crippen molar-refractivity contribution in [1.82, 2.24) is 4.31 Å². The summed E-state index contributed by atoms with van der Waals surface area (Å²) in [5.74, 6) is -0.338. The first kappa shape index (κ1) is 18.9. The van der Waals surface area contributed by atoms with E-state index >= 15 is 0 Å². The molecule has 0 radical (unpaired) electrons. The third kappa shape index (κ3) is 3.49. The van der Waals surface area contributed by atoms with Crippen LogP contribution in [-0.4, -0.2) is 44.9 Å². The van der Waals surface area contributed by atoms with Crippen LogP contribution in [0.4, 0.5) is 10.1 Å². The van der Waals surface area contributed by atoms with E-state index < -0.39 is 21.8 Å². The lowest BCUT2D eigenvalue weighted by Gasteiger charge is -2.36. The van der Waals surface area contributed by atoms with Crippen molar-refractivity contribution in [1.29, 1.82) is 0 Å². The van der Waals surface area contributed by atoms with Gasteiger partial charge in [-0.05, 0) is 49.2 Å². The van der Waals surface area contributed by atoms with Gasteiger partial charge >= 0.3 is 0 Å². The predicted molar refractivity (Wildman–Crippen MR) is 102 cm³/mol. The molecule has 8 heteroatoms. The van der Waals surface area contributed by atoms with Crippen molar-refractivity contribution >= 4 is 21.6 Å². The molecule has 2 aliphatic heterocycles. The van der Waals surface area contributed by atoms with Crippen molar-refractivity contribution in [2.24, 2.45) is 5.92 Å². The highest BCUT2D eigenvalue weighted by atomic mass is 32.2. The molecule has 4 rings (SSSR count). The molecule has 1 fully saturated rings. The molecule has 1 saturated heterocycles. The number of amides is 1. The first-order valence-electron chi connectivity index (χ1n) is 9.26. The number of benzene rings is 2. The zero-order valence-corrected chi connectivity index (χ0v) is 16.1. The second-order valence-electron chi connectivity index (χ2n) is 6.96. The molecule has 0 aliphatic carbocycles. The third-order valence-electron chi connectivity index (χ3n) is 5.18. The number of carbonyl (C=O) groups excluding carboxylic acids is 1. The van der Waals surface area contributed by atoms with Crippen LogP contribution in [-0.2, 0) is 14.8 Å². The third-order valence-corrected chi connectivity index (χ3v) is 7.06. The molecule has 0 bridgehead atoms. The molecule has 2 aromatic rings. The number of ether oxygens (including phenoxy) is 1. The summed E-state index contributed by atoms with van der Waals surface area (Å²) in [7, 11) is -3.77. The number of fused-ring (bicyclic) bond motifs is 1. The van der Waals surface area contributed by atoms with E-state index in [1.54, 1.807) is 4.90 Å². The predicted octanol–water partition coefficient (Wildman–Crippen LogP) is 2.65. The maximum absolute atomic E-state index is 13.2. The fraction of sp³-hybridized carbons (Fsp3) is 0.350. The zero-order valence-electron chi connectivity index (χ0n) is 15.3. The molecule has 2 aromatic carbocycles. The zero-order chi connectivity index (χ0) is 19.7. The van der Waals surface area contributed by atoms with E-state index in [1.165, 1.54) is 16.4 Å². The second kappa shape index (κ2) is 7.52. The van der Waals surface area contributed by atoms with Gasteiger partial charge in [-0.15, -0.1) is 0 Å². The van der Waals surface area contributed by atoms with Crippen molar-refractivity contribution in [3.63, 3.8) is 0 Å². The number of hydrogen-bond donors (Lipinski definition) is 0. The van der Waals surface area contributed by atoms with E-state index in [0.29, 0.717) is 38.3 Å².